The summed E-state index contributed by atoms with van der Waals surface area (Å²) in [4.78, 5) is 0. The van der Waals surface area contributed by atoms with Gasteiger partial charge in [0, 0.05) is 0 Å². The van der Waals surface area contributed by atoms with Crippen LogP contribution in [0.2, 0.25) is 0 Å². The summed E-state index contributed by atoms with van der Waals surface area (Å²) >= 11 is 0. The van der Waals surface area contributed by atoms with E-state index in [-0.39, 0.29) is 0 Å². The second-order valence-electron chi connectivity index (χ2n) is 15.9. The quantitative estimate of drug-likeness (QED) is 0.110. The Bertz CT molecular complexity index is 2370. The number of fused-ring (bicyclic) bond motifs is 3. The van der Waals surface area contributed by atoms with E-state index in [2.05, 4.69) is 178 Å². The second-order valence-corrected chi connectivity index (χ2v) is 15.9. The number of unbranched alkanes of at least 4 members (excludes halogenated alkanes) is 1. The van der Waals surface area contributed by atoms with Crippen LogP contribution in [0.15, 0.2) is 158 Å². The van der Waals surface area contributed by atoms with Gasteiger partial charge in [-0.05, 0) is 155 Å². The van der Waals surface area contributed by atoms with E-state index in [1.807, 2.05) is 0 Å². The Morgan fingerprint density at radius 1 is 0.544 bits per heavy atom. The van der Waals surface area contributed by atoms with Gasteiger partial charge in [-0.2, -0.15) is 0 Å². The van der Waals surface area contributed by atoms with Crippen molar-refractivity contribution >= 4 is 0 Å². The lowest BCUT2D eigenvalue weighted by Crippen LogP contribution is -2.28. The molecule has 0 aromatic heterocycles. The van der Waals surface area contributed by atoms with Crippen LogP contribution in [0, 0.1) is 13.8 Å². The summed E-state index contributed by atoms with van der Waals surface area (Å²) in [7, 11) is 3.46. The van der Waals surface area contributed by atoms with Gasteiger partial charge < -0.3 is 9.47 Å². The molecule has 57 heavy (non-hydrogen) atoms. The second kappa shape index (κ2) is 16.7. The van der Waals surface area contributed by atoms with Gasteiger partial charge in [-0.1, -0.05) is 146 Å². The minimum absolute atomic E-state index is 0.456. The molecule has 1 atom stereocenters. The molecule has 7 aromatic carbocycles. The Labute approximate surface area is 340 Å². The minimum Gasteiger partial charge on any atom is -0.497 e. The van der Waals surface area contributed by atoms with Crippen LogP contribution in [0.3, 0.4) is 0 Å². The fourth-order valence-corrected chi connectivity index (χ4v) is 9.14. The third-order valence-electron chi connectivity index (χ3n) is 12.4. The van der Waals surface area contributed by atoms with Gasteiger partial charge in [-0.25, -0.2) is 0 Å². The summed E-state index contributed by atoms with van der Waals surface area (Å²) in [5.74, 6) is 2.15. The average molecular weight is 747 g/mol. The highest BCUT2D eigenvalue weighted by molar-refractivity contribution is 5.90. The van der Waals surface area contributed by atoms with E-state index >= 15 is 0 Å². The SMILES string of the molecule is CCCCc1ccc(CC(CCc2ccc(-c3ccc4c(c3)C(c3ccc(OC)cc3)(c3ccc(OC)cc3)c3cccc(C)c3-4)cc2)c2ccc(C)cc2)cc1. The van der Waals surface area contributed by atoms with Crippen molar-refractivity contribution in [3.8, 4) is 33.8 Å². The Morgan fingerprint density at radius 2 is 1.12 bits per heavy atom. The number of methoxy groups -OCH3 is 2. The van der Waals surface area contributed by atoms with Crippen LogP contribution < -0.4 is 9.47 Å². The molecule has 0 heterocycles. The van der Waals surface area contributed by atoms with Crippen LogP contribution in [0.25, 0.3) is 22.3 Å². The van der Waals surface area contributed by atoms with Gasteiger partial charge in [0.2, 0.25) is 0 Å². The molecular formula is C55H54O2. The molecule has 7 aromatic rings. The van der Waals surface area contributed by atoms with Crippen molar-refractivity contribution < 1.29 is 9.47 Å². The van der Waals surface area contributed by atoms with Gasteiger partial charge in [-0.3, -0.25) is 0 Å². The van der Waals surface area contributed by atoms with Crippen LogP contribution in [0.1, 0.15) is 87.7 Å². The Kier molecular flexibility index (Phi) is 11.1. The summed E-state index contributed by atoms with van der Waals surface area (Å²) in [5.41, 5.74) is 17.8. The zero-order chi connectivity index (χ0) is 39.4. The maximum Gasteiger partial charge on any atom is 0.118 e. The van der Waals surface area contributed by atoms with Crippen LogP contribution >= 0.6 is 0 Å². The topological polar surface area (TPSA) is 18.5 Å². The maximum absolute atomic E-state index is 5.63. The molecule has 0 aliphatic heterocycles. The van der Waals surface area contributed by atoms with Crippen LogP contribution in [-0.4, -0.2) is 14.2 Å². The molecular weight excluding hydrogens is 693 g/mol. The van der Waals surface area contributed by atoms with E-state index in [1.54, 1.807) is 14.2 Å². The fourth-order valence-electron chi connectivity index (χ4n) is 9.14. The predicted octanol–water partition coefficient (Wildman–Crippen LogP) is 13.7. The first-order valence-electron chi connectivity index (χ1n) is 20.7. The first-order chi connectivity index (χ1) is 27.9. The Balaban J connectivity index is 1.12. The van der Waals surface area contributed by atoms with Gasteiger partial charge in [0.15, 0.2) is 0 Å². The van der Waals surface area contributed by atoms with Gasteiger partial charge in [0.1, 0.15) is 11.5 Å². The first-order valence-corrected chi connectivity index (χ1v) is 20.7. The van der Waals surface area contributed by atoms with Crippen molar-refractivity contribution in [3.05, 3.63) is 213 Å². The molecule has 0 spiro atoms. The van der Waals surface area contributed by atoms with E-state index in [1.165, 1.54) is 97.2 Å². The minimum atomic E-state index is -0.522. The molecule has 0 saturated carbocycles. The van der Waals surface area contributed by atoms with Crippen molar-refractivity contribution in [2.24, 2.45) is 0 Å². The first kappa shape index (κ1) is 38.0. The monoisotopic (exact) mass is 746 g/mol. The molecule has 2 nitrogen and oxygen atoms in total. The maximum atomic E-state index is 5.63. The summed E-state index contributed by atoms with van der Waals surface area (Å²) in [6.07, 6.45) is 6.83. The molecule has 0 N–H and O–H groups in total. The lowest BCUT2D eigenvalue weighted by Gasteiger charge is -2.34. The third-order valence-corrected chi connectivity index (χ3v) is 12.4. The normalized spacial score (nSPS) is 13.1. The number of aryl methyl sites for hydroxylation is 4. The lowest BCUT2D eigenvalue weighted by molar-refractivity contribution is 0.414. The number of benzene rings is 7. The van der Waals surface area contributed by atoms with Gasteiger partial charge in [-0.15, -0.1) is 0 Å². The molecule has 2 heteroatoms. The molecule has 1 aliphatic rings. The van der Waals surface area contributed by atoms with Crippen LogP contribution in [0.4, 0.5) is 0 Å². The van der Waals surface area contributed by atoms with E-state index < -0.39 is 5.41 Å². The van der Waals surface area contributed by atoms with Crippen LogP contribution in [0.5, 0.6) is 11.5 Å². The highest BCUT2D eigenvalue weighted by Gasteiger charge is 2.46. The molecule has 0 saturated heterocycles. The lowest BCUT2D eigenvalue weighted by atomic mass is 9.67. The van der Waals surface area contributed by atoms with E-state index in [0.29, 0.717) is 5.92 Å². The highest BCUT2D eigenvalue weighted by Crippen LogP contribution is 2.57. The fraction of sp³-hybridized carbons (Fsp3) is 0.236. The van der Waals surface area contributed by atoms with E-state index in [0.717, 1.165) is 30.8 Å². The van der Waals surface area contributed by atoms with Crippen molar-refractivity contribution in [2.45, 2.75) is 70.6 Å². The Hall–Kier alpha value is -5.86. The van der Waals surface area contributed by atoms with Crippen molar-refractivity contribution in [1.82, 2.24) is 0 Å². The standard InChI is InChI=1S/C55H54O2/c1-6-7-10-40-14-16-42(17-15-40)36-45(43-21-12-38(2)13-22-43)25-20-41-18-23-44(24-19-41)46-26-35-51-53(37-46)55(47-27-31-49(56-4)32-28-47,48-29-33-50(57-5)34-30-48)52-11-8-9-39(3)54(51)52/h8-9,11-19,21-24,26-35,37,45H,6-7,10,20,25,36H2,1-5H3. The predicted molar refractivity (Wildman–Crippen MR) is 238 cm³/mol. The number of hydrogen-bond donors (Lipinski definition) is 0. The zero-order valence-electron chi connectivity index (χ0n) is 34.1. The average Bonchev–Trinajstić information content (AvgIpc) is 3.56. The molecule has 286 valence electrons. The number of ether oxygens (including phenoxy) is 2. The highest BCUT2D eigenvalue weighted by atomic mass is 16.5. The smallest absolute Gasteiger partial charge is 0.118 e. The van der Waals surface area contributed by atoms with Crippen LogP contribution in [-0.2, 0) is 24.7 Å². The van der Waals surface area contributed by atoms with E-state index in [9.17, 15) is 0 Å². The zero-order valence-corrected chi connectivity index (χ0v) is 34.1. The summed E-state index contributed by atoms with van der Waals surface area (Å²) in [5, 5.41) is 0. The van der Waals surface area contributed by atoms with Gasteiger partial charge >= 0.3 is 0 Å². The Morgan fingerprint density at radius 3 is 1.74 bits per heavy atom. The molecule has 0 bridgehead atoms. The molecule has 1 unspecified atom stereocenters. The summed E-state index contributed by atoms with van der Waals surface area (Å²) < 4.78 is 11.3. The van der Waals surface area contributed by atoms with Gasteiger partial charge in [0.25, 0.3) is 0 Å². The summed E-state index contributed by atoms with van der Waals surface area (Å²) in [6.45, 7) is 6.68. The summed E-state index contributed by atoms with van der Waals surface area (Å²) in [6, 6.07) is 59.1. The van der Waals surface area contributed by atoms with Crippen molar-refractivity contribution in [3.63, 3.8) is 0 Å². The third kappa shape index (κ3) is 7.54. The largest absolute Gasteiger partial charge is 0.497 e. The van der Waals surface area contributed by atoms with Crippen molar-refractivity contribution in [2.75, 3.05) is 14.2 Å². The van der Waals surface area contributed by atoms with E-state index in [4.69, 9.17) is 9.47 Å². The number of rotatable bonds is 14. The molecule has 0 fully saturated rings. The molecule has 1 aliphatic carbocycles. The molecule has 0 radical (unpaired) electrons. The van der Waals surface area contributed by atoms with Crippen molar-refractivity contribution in [1.29, 1.82) is 0 Å². The van der Waals surface area contributed by atoms with Gasteiger partial charge in [0.05, 0.1) is 19.6 Å². The molecule has 8 rings (SSSR count). The molecule has 0 amide bonds. The number of hydrogen-bond acceptors (Lipinski definition) is 2.